The van der Waals surface area contributed by atoms with Gasteiger partial charge >= 0.3 is 0 Å². The lowest BCUT2D eigenvalue weighted by atomic mass is 10.0. The average molecular weight is 973 g/mol. The summed E-state index contributed by atoms with van der Waals surface area (Å²) in [5.41, 5.74) is 13.1. The van der Waals surface area contributed by atoms with Gasteiger partial charge in [-0.15, -0.1) is 0 Å². The molecular formula is C66H40N10. The van der Waals surface area contributed by atoms with Crippen molar-refractivity contribution in [3.05, 3.63) is 248 Å². The van der Waals surface area contributed by atoms with Gasteiger partial charge in [-0.05, 0) is 78.9 Å². The van der Waals surface area contributed by atoms with E-state index in [4.69, 9.17) is 34.9 Å². The Kier molecular flexibility index (Phi) is 10.6. The highest BCUT2D eigenvalue weighted by atomic mass is 15.1. The quantitative estimate of drug-likeness (QED) is 0.140. The predicted octanol–water partition coefficient (Wildman–Crippen LogP) is 15.2. The van der Waals surface area contributed by atoms with Crippen LogP contribution in [0.15, 0.2) is 243 Å². The lowest BCUT2D eigenvalue weighted by molar-refractivity contribution is 1.07. The Morgan fingerprint density at radius 2 is 0.684 bits per heavy atom. The number of hydrogen-bond acceptors (Lipinski definition) is 8. The second-order valence-corrected chi connectivity index (χ2v) is 18.5. The summed E-state index contributed by atoms with van der Waals surface area (Å²) in [6.07, 6.45) is 1.82. The molecule has 10 nitrogen and oxygen atoms in total. The highest BCUT2D eigenvalue weighted by Gasteiger charge is 2.23. The second kappa shape index (κ2) is 18.4. The van der Waals surface area contributed by atoms with Crippen LogP contribution in [0.5, 0.6) is 0 Å². The maximum absolute atomic E-state index is 10.5. The Morgan fingerprint density at radius 3 is 1.12 bits per heavy atom. The minimum atomic E-state index is 0.519. The minimum absolute atomic E-state index is 0.519. The first-order chi connectivity index (χ1) is 37.6. The second-order valence-electron chi connectivity index (χ2n) is 18.5. The number of aromatic nitrogens is 9. The first-order valence-electron chi connectivity index (χ1n) is 24.9. The van der Waals surface area contributed by atoms with Crippen LogP contribution in [-0.4, -0.2) is 44.0 Å². The topological polar surface area (TPSA) is 124 Å². The third-order valence-corrected chi connectivity index (χ3v) is 13.9. The predicted molar refractivity (Wildman–Crippen MR) is 302 cm³/mol. The fraction of sp³-hybridized carbons (Fsp3) is 0. The molecule has 5 aromatic heterocycles. The van der Waals surface area contributed by atoms with E-state index in [9.17, 15) is 5.26 Å². The zero-order valence-electron chi connectivity index (χ0n) is 40.6. The third-order valence-electron chi connectivity index (χ3n) is 13.9. The van der Waals surface area contributed by atoms with Crippen LogP contribution in [0.3, 0.4) is 0 Å². The van der Waals surface area contributed by atoms with E-state index in [1.807, 2.05) is 152 Å². The first-order valence-corrected chi connectivity index (χ1v) is 24.9. The minimum Gasteiger partial charge on any atom is -0.309 e. The molecule has 14 aromatic rings. The lowest BCUT2D eigenvalue weighted by Gasteiger charge is -2.18. The van der Waals surface area contributed by atoms with Gasteiger partial charge in [0.05, 0.1) is 50.8 Å². The number of pyridine rings is 1. The highest BCUT2D eigenvalue weighted by Crippen LogP contribution is 2.42. The van der Waals surface area contributed by atoms with Gasteiger partial charge < -0.3 is 9.13 Å². The van der Waals surface area contributed by atoms with Crippen molar-refractivity contribution in [2.24, 2.45) is 0 Å². The van der Waals surface area contributed by atoms with Crippen molar-refractivity contribution in [2.75, 3.05) is 0 Å². The van der Waals surface area contributed by atoms with Crippen LogP contribution < -0.4 is 0 Å². The molecule has 0 bridgehead atoms. The molecule has 0 unspecified atom stereocenters. The zero-order valence-corrected chi connectivity index (χ0v) is 40.6. The van der Waals surface area contributed by atoms with Gasteiger partial charge in [-0.2, -0.15) is 5.26 Å². The number of nitriles is 1. The Balaban J connectivity index is 0.935. The van der Waals surface area contributed by atoms with Crippen molar-refractivity contribution in [1.82, 2.24) is 44.0 Å². The largest absolute Gasteiger partial charge is 0.309 e. The van der Waals surface area contributed by atoms with E-state index in [1.54, 1.807) is 0 Å². The molecule has 0 aliphatic carbocycles. The van der Waals surface area contributed by atoms with Crippen LogP contribution in [0, 0.1) is 11.3 Å². The molecule has 0 saturated heterocycles. The van der Waals surface area contributed by atoms with Gasteiger partial charge in [-0.25, -0.2) is 29.9 Å². The molecule has 0 spiro atoms. The van der Waals surface area contributed by atoms with Crippen LogP contribution in [0.2, 0.25) is 0 Å². The van der Waals surface area contributed by atoms with E-state index in [2.05, 4.69) is 106 Å². The fourth-order valence-corrected chi connectivity index (χ4v) is 10.4. The molecule has 5 heterocycles. The Bertz CT molecular complexity index is 4470. The van der Waals surface area contributed by atoms with E-state index >= 15 is 0 Å². The molecule has 0 fully saturated rings. The molecule has 10 heteroatoms. The number of rotatable bonds is 9. The molecule has 0 aliphatic heterocycles. The van der Waals surface area contributed by atoms with Crippen LogP contribution >= 0.6 is 0 Å². The number of hydrogen-bond donors (Lipinski definition) is 0. The van der Waals surface area contributed by atoms with Gasteiger partial charge in [0.1, 0.15) is 0 Å². The summed E-state index contributed by atoms with van der Waals surface area (Å²) >= 11 is 0. The van der Waals surface area contributed by atoms with Crippen molar-refractivity contribution in [3.63, 3.8) is 0 Å². The molecule has 0 saturated carbocycles. The smallest absolute Gasteiger partial charge is 0.164 e. The molecule has 0 atom stereocenters. The number of benzene rings is 9. The number of para-hydroxylation sites is 2. The highest BCUT2D eigenvalue weighted by molar-refractivity contribution is 6.12. The first kappa shape index (κ1) is 44.0. The van der Waals surface area contributed by atoms with Gasteiger partial charge in [0, 0.05) is 66.7 Å². The number of fused-ring (bicyclic) bond motifs is 6. The molecule has 0 radical (unpaired) electrons. The van der Waals surface area contributed by atoms with Crippen LogP contribution in [0.4, 0.5) is 0 Å². The van der Waals surface area contributed by atoms with Crippen LogP contribution in [-0.2, 0) is 0 Å². The maximum Gasteiger partial charge on any atom is 0.164 e. The van der Waals surface area contributed by atoms with Crippen molar-refractivity contribution in [1.29, 1.82) is 5.26 Å². The molecule has 14 rings (SSSR count). The molecule has 354 valence electrons. The molecule has 0 aliphatic rings. The Hall–Kier alpha value is -10.8. The van der Waals surface area contributed by atoms with Gasteiger partial charge in [0.25, 0.3) is 0 Å². The SMILES string of the molecule is N#Cc1ccc(-n2c3ccccc3c3cc(-c4nc(-c5ccccc5)nc(-c5ccccc5)n4)ccc32)c(-c2ncccc2-n2c3ccccc3c3cc(-c4nc(-c5ccccc5)nc(-c5ccccc5)n4)ccc32)c1. The molecular weight excluding hydrogens is 933 g/mol. The Morgan fingerprint density at radius 1 is 0.303 bits per heavy atom. The fourth-order valence-electron chi connectivity index (χ4n) is 10.4. The molecule has 0 amide bonds. The van der Waals surface area contributed by atoms with E-state index in [0.29, 0.717) is 46.2 Å². The summed E-state index contributed by atoms with van der Waals surface area (Å²) in [6, 6.07) is 82.1. The summed E-state index contributed by atoms with van der Waals surface area (Å²) in [5.74, 6) is 3.55. The Labute approximate surface area is 436 Å². The zero-order chi connectivity index (χ0) is 50.5. The van der Waals surface area contributed by atoms with Gasteiger partial charge in [0.2, 0.25) is 0 Å². The van der Waals surface area contributed by atoms with E-state index in [-0.39, 0.29) is 0 Å². The summed E-state index contributed by atoms with van der Waals surface area (Å²) < 4.78 is 4.56. The molecule has 76 heavy (non-hydrogen) atoms. The van der Waals surface area contributed by atoms with E-state index in [1.165, 1.54) is 0 Å². The summed E-state index contributed by atoms with van der Waals surface area (Å²) in [6.45, 7) is 0. The van der Waals surface area contributed by atoms with Crippen LogP contribution in [0.25, 0.3) is 135 Å². The standard InChI is InChI=1S/C66H40N10/c67-41-42-31-34-58(75-54-28-15-13-26-49(54)51-39-47(32-35-56(51)75)65-71-61(43-18-5-1-6-19-43)69-62(72-65)44-20-7-2-8-21-44)53(38-42)60-59(30-17-37-68-60)76-55-29-16-14-27-50(55)52-40-48(33-36-57(52)76)66-73-63(45-22-9-3-10-23-45)70-64(74-66)46-24-11-4-12-25-46/h1-40H. The maximum atomic E-state index is 10.5. The third kappa shape index (κ3) is 7.63. The molecule has 0 N–H and O–H groups in total. The monoisotopic (exact) mass is 972 g/mol. The molecule has 9 aromatic carbocycles. The van der Waals surface area contributed by atoms with Crippen molar-refractivity contribution in [2.45, 2.75) is 0 Å². The van der Waals surface area contributed by atoms with Crippen molar-refractivity contribution < 1.29 is 0 Å². The summed E-state index contributed by atoms with van der Waals surface area (Å²) in [4.78, 5) is 35.4. The van der Waals surface area contributed by atoms with Crippen molar-refractivity contribution in [3.8, 4) is 97.0 Å². The van der Waals surface area contributed by atoms with E-state index in [0.717, 1.165) is 93.9 Å². The normalized spacial score (nSPS) is 11.4. The van der Waals surface area contributed by atoms with Crippen LogP contribution in [0.1, 0.15) is 5.56 Å². The summed E-state index contributed by atoms with van der Waals surface area (Å²) in [7, 11) is 0. The summed E-state index contributed by atoms with van der Waals surface area (Å²) in [5, 5.41) is 14.7. The van der Waals surface area contributed by atoms with Gasteiger partial charge in [-0.3, -0.25) is 4.98 Å². The van der Waals surface area contributed by atoms with Gasteiger partial charge in [0.15, 0.2) is 34.9 Å². The average Bonchev–Trinajstić information content (AvgIpc) is 4.13. The lowest BCUT2D eigenvalue weighted by Crippen LogP contribution is -2.03. The van der Waals surface area contributed by atoms with Gasteiger partial charge in [-0.1, -0.05) is 158 Å². The van der Waals surface area contributed by atoms with E-state index < -0.39 is 0 Å². The number of nitrogens with zero attached hydrogens (tertiary/aromatic N) is 10. The van der Waals surface area contributed by atoms with Crippen molar-refractivity contribution >= 4 is 43.6 Å².